The number of aliphatic hydroxyl groups excluding tert-OH is 11. The maximum absolute atomic E-state index is 12.9. The van der Waals surface area contributed by atoms with Gasteiger partial charge in [-0.3, -0.25) is 4.79 Å². The number of nitrogens with one attached hydrogen (secondary N) is 1. The van der Waals surface area contributed by atoms with E-state index in [4.69, 9.17) is 28.4 Å². The largest absolute Gasteiger partial charge is 0.394 e. The van der Waals surface area contributed by atoms with Crippen LogP contribution in [-0.4, -0.2) is 193 Å². The molecule has 3 saturated heterocycles. The Morgan fingerprint density at radius 2 is 0.790 bits per heavy atom. The standard InChI is InChI=1S/C62H115NO18/c1-3-5-7-8-9-10-11-12-13-14-15-16-17-18-19-20-21-22-23-24-25-26-27-28-29-30-31-32-33-34-35-36-38-39-46(67)45(63-50(68)40-37-6-4-2)44-76-60-56(74)53(71)58(48(42-65)78-60)81-62-57(75)54(72)59(49(43-66)79-62)80-61-55(73)52(70)51(69)47(41-64)77-61/h33-34,38-39,45-49,51-62,64-67,69-75H,3-32,35-37,40-44H2,1-2H3,(H,63,68)/b34-33+,39-38+. The predicted octanol–water partition coefficient (Wildman–Crippen LogP) is 6.71. The highest BCUT2D eigenvalue weighted by Gasteiger charge is 2.53. The third-order valence-electron chi connectivity index (χ3n) is 16.3. The quantitative estimate of drug-likeness (QED) is 0.0222. The van der Waals surface area contributed by atoms with Crippen LogP contribution < -0.4 is 5.32 Å². The van der Waals surface area contributed by atoms with Gasteiger partial charge < -0.3 is 89.9 Å². The highest BCUT2D eigenvalue weighted by Crippen LogP contribution is 2.33. The Morgan fingerprint density at radius 3 is 1.23 bits per heavy atom. The molecule has 3 rings (SSSR count). The van der Waals surface area contributed by atoms with Gasteiger partial charge in [-0.15, -0.1) is 0 Å². The number of carbonyl (C=O) groups is 1. The summed E-state index contributed by atoms with van der Waals surface area (Å²) >= 11 is 0. The molecule has 0 aromatic carbocycles. The minimum Gasteiger partial charge on any atom is -0.394 e. The third kappa shape index (κ3) is 29.0. The molecule has 81 heavy (non-hydrogen) atoms. The van der Waals surface area contributed by atoms with Gasteiger partial charge in [-0.2, -0.15) is 0 Å². The first-order chi connectivity index (χ1) is 39.3. The van der Waals surface area contributed by atoms with Crippen molar-refractivity contribution in [3.63, 3.8) is 0 Å². The zero-order valence-electron chi connectivity index (χ0n) is 49.8. The number of rotatable bonds is 48. The lowest BCUT2D eigenvalue weighted by atomic mass is 9.96. The molecule has 0 radical (unpaired) electrons. The number of hydrogen-bond acceptors (Lipinski definition) is 18. The van der Waals surface area contributed by atoms with E-state index in [2.05, 4.69) is 24.4 Å². The lowest BCUT2D eigenvalue weighted by molar-refractivity contribution is -0.379. The molecule has 0 aromatic heterocycles. The predicted molar refractivity (Wildman–Crippen MR) is 310 cm³/mol. The van der Waals surface area contributed by atoms with Crippen molar-refractivity contribution in [1.82, 2.24) is 5.32 Å². The fourth-order valence-corrected chi connectivity index (χ4v) is 11.0. The SMILES string of the molecule is CCCCCCCCCCCCCCCCCCCCCCCCCCCCC/C=C/CC/C=C/C(O)C(COC1OC(CO)C(OC2OC(CO)C(OC3OC(CO)C(O)C(O)C3O)C(O)C2O)C(O)C1O)NC(=O)CCCCC. The van der Waals surface area contributed by atoms with Crippen LogP contribution in [0.3, 0.4) is 0 Å². The minimum absolute atomic E-state index is 0.222. The molecule has 19 nitrogen and oxygen atoms in total. The zero-order chi connectivity index (χ0) is 59.0. The molecule has 0 saturated carbocycles. The van der Waals surface area contributed by atoms with Gasteiger partial charge in [-0.1, -0.05) is 218 Å². The second-order valence-electron chi connectivity index (χ2n) is 23.2. The summed E-state index contributed by atoms with van der Waals surface area (Å²) in [6, 6.07) is -0.982. The van der Waals surface area contributed by atoms with Crippen molar-refractivity contribution >= 4 is 5.91 Å². The number of carbonyl (C=O) groups excluding carboxylic acids is 1. The first kappa shape index (κ1) is 73.5. The van der Waals surface area contributed by atoms with Crippen molar-refractivity contribution in [2.24, 2.45) is 0 Å². The maximum Gasteiger partial charge on any atom is 0.220 e. The van der Waals surface area contributed by atoms with Crippen LogP contribution in [0.15, 0.2) is 24.3 Å². The van der Waals surface area contributed by atoms with Crippen molar-refractivity contribution in [2.75, 3.05) is 26.4 Å². The molecule has 17 atom stereocenters. The Hall–Kier alpha value is -1.73. The first-order valence-corrected chi connectivity index (χ1v) is 32.1. The molecule has 3 aliphatic rings. The molecule has 0 bridgehead atoms. The average Bonchev–Trinajstić information content (AvgIpc) is 3.57. The van der Waals surface area contributed by atoms with E-state index >= 15 is 0 Å². The van der Waals surface area contributed by atoms with E-state index < -0.39 is 124 Å². The molecular weight excluding hydrogens is 1050 g/mol. The van der Waals surface area contributed by atoms with Crippen molar-refractivity contribution in [2.45, 2.75) is 336 Å². The maximum atomic E-state index is 12.9. The normalized spacial score (nSPS) is 29.9. The lowest BCUT2D eigenvalue weighted by Crippen LogP contribution is -2.66. The molecule has 1 amide bonds. The second kappa shape index (κ2) is 45.6. The Balaban J connectivity index is 1.29. The molecule has 3 aliphatic heterocycles. The molecule has 0 aliphatic carbocycles. The molecule has 0 spiro atoms. The summed E-state index contributed by atoms with van der Waals surface area (Å²) in [5, 5.41) is 119. The lowest BCUT2D eigenvalue weighted by Gasteiger charge is -2.48. The van der Waals surface area contributed by atoms with Crippen LogP contribution in [0.5, 0.6) is 0 Å². The highest BCUT2D eigenvalue weighted by molar-refractivity contribution is 5.76. The average molecular weight is 1160 g/mol. The van der Waals surface area contributed by atoms with Crippen LogP contribution in [0.2, 0.25) is 0 Å². The van der Waals surface area contributed by atoms with Gasteiger partial charge in [0.25, 0.3) is 0 Å². The van der Waals surface area contributed by atoms with Crippen LogP contribution in [0, 0.1) is 0 Å². The number of ether oxygens (including phenoxy) is 6. The van der Waals surface area contributed by atoms with Gasteiger partial charge in [0.1, 0.15) is 73.2 Å². The second-order valence-corrected chi connectivity index (χ2v) is 23.2. The summed E-state index contributed by atoms with van der Waals surface area (Å²) in [6.45, 7) is 1.51. The van der Waals surface area contributed by atoms with Crippen molar-refractivity contribution in [3.8, 4) is 0 Å². The van der Waals surface area contributed by atoms with Crippen molar-refractivity contribution in [3.05, 3.63) is 24.3 Å². The molecular formula is C62H115NO18. The number of amides is 1. The molecule has 0 aromatic rings. The fourth-order valence-electron chi connectivity index (χ4n) is 11.0. The zero-order valence-corrected chi connectivity index (χ0v) is 49.8. The van der Waals surface area contributed by atoms with Crippen LogP contribution in [0.1, 0.15) is 232 Å². The Bertz CT molecular complexity index is 1580. The van der Waals surface area contributed by atoms with Gasteiger partial charge in [-0.05, 0) is 32.1 Å². The third-order valence-corrected chi connectivity index (χ3v) is 16.3. The summed E-state index contributed by atoms with van der Waals surface area (Å²) in [5.74, 6) is -0.310. The number of hydrogen-bond donors (Lipinski definition) is 12. The van der Waals surface area contributed by atoms with Crippen LogP contribution in [0.25, 0.3) is 0 Å². The van der Waals surface area contributed by atoms with E-state index in [0.717, 1.165) is 32.1 Å². The van der Waals surface area contributed by atoms with E-state index in [1.165, 1.54) is 167 Å². The van der Waals surface area contributed by atoms with E-state index in [9.17, 15) is 61.0 Å². The summed E-state index contributed by atoms with van der Waals surface area (Å²) in [6.07, 6.45) is 23.4. The molecule has 17 unspecified atom stereocenters. The van der Waals surface area contributed by atoms with E-state index in [-0.39, 0.29) is 18.9 Å². The minimum atomic E-state index is -1.98. The molecule has 3 heterocycles. The first-order valence-electron chi connectivity index (χ1n) is 32.1. The summed E-state index contributed by atoms with van der Waals surface area (Å²) in [7, 11) is 0. The van der Waals surface area contributed by atoms with Gasteiger partial charge in [0, 0.05) is 6.42 Å². The molecule has 476 valence electrons. The van der Waals surface area contributed by atoms with Gasteiger partial charge in [-0.25, -0.2) is 0 Å². The van der Waals surface area contributed by atoms with E-state index in [1.54, 1.807) is 6.08 Å². The summed E-state index contributed by atoms with van der Waals surface area (Å²) < 4.78 is 34.0. The number of unbranched alkanes of at least 4 members (excludes halogenated alkanes) is 30. The Labute approximate surface area is 486 Å². The Kier molecular flexibility index (Phi) is 41.4. The van der Waals surface area contributed by atoms with Gasteiger partial charge in [0.05, 0.1) is 38.6 Å². The fraction of sp³-hybridized carbons (Fsp3) is 0.919. The van der Waals surface area contributed by atoms with E-state index in [0.29, 0.717) is 12.8 Å². The Morgan fingerprint density at radius 1 is 0.432 bits per heavy atom. The molecule has 19 heteroatoms. The van der Waals surface area contributed by atoms with Crippen LogP contribution in [0.4, 0.5) is 0 Å². The topological polar surface area (TPSA) is 307 Å². The van der Waals surface area contributed by atoms with Crippen molar-refractivity contribution < 1.29 is 89.4 Å². The van der Waals surface area contributed by atoms with Crippen LogP contribution >= 0.6 is 0 Å². The van der Waals surface area contributed by atoms with Gasteiger partial charge in [0.2, 0.25) is 5.91 Å². The van der Waals surface area contributed by atoms with E-state index in [1.807, 2.05) is 13.0 Å². The highest BCUT2D eigenvalue weighted by atomic mass is 16.8. The van der Waals surface area contributed by atoms with Gasteiger partial charge in [0.15, 0.2) is 18.9 Å². The molecule has 3 fully saturated rings. The van der Waals surface area contributed by atoms with Crippen molar-refractivity contribution in [1.29, 1.82) is 0 Å². The van der Waals surface area contributed by atoms with Gasteiger partial charge >= 0.3 is 0 Å². The van der Waals surface area contributed by atoms with Crippen LogP contribution in [-0.2, 0) is 33.2 Å². The monoisotopic (exact) mass is 1160 g/mol. The summed E-state index contributed by atoms with van der Waals surface area (Å²) in [5.41, 5.74) is 0. The molecule has 12 N–H and O–H groups in total. The smallest absolute Gasteiger partial charge is 0.220 e. The number of allylic oxidation sites excluding steroid dienone is 3. The summed E-state index contributed by atoms with van der Waals surface area (Å²) in [4.78, 5) is 12.9. The number of aliphatic hydroxyl groups is 11.